The molecule has 0 radical (unpaired) electrons. The molecule has 1 aromatic heterocycles. The largest absolute Gasteiger partial charge is 0.316 e. The molecule has 1 aliphatic heterocycles. The van der Waals surface area contributed by atoms with E-state index in [0.717, 1.165) is 18.8 Å². The number of nitrogens with zero attached hydrogens (tertiary/aromatic N) is 1. The third kappa shape index (κ3) is 2.76. The molecular weight excluding hydrogens is 320 g/mol. The lowest BCUT2D eigenvalue weighted by atomic mass is 9.82. The van der Waals surface area contributed by atoms with Gasteiger partial charge in [-0.1, -0.05) is 34.1 Å². The second kappa shape index (κ2) is 5.73. The van der Waals surface area contributed by atoms with Crippen LogP contribution < -0.4 is 5.32 Å². The van der Waals surface area contributed by atoms with Crippen LogP contribution in [-0.4, -0.2) is 18.1 Å². The van der Waals surface area contributed by atoms with Crippen LogP contribution in [0.4, 0.5) is 0 Å². The van der Waals surface area contributed by atoms with Gasteiger partial charge in [-0.2, -0.15) is 0 Å². The number of rotatable bonds is 2. The van der Waals surface area contributed by atoms with Crippen molar-refractivity contribution in [2.45, 2.75) is 25.2 Å². The highest BCUT2D eigenvalue weighted by Gasteiger charge is 2.30. The van der Waals surface area contributed by atoms with Crippen LogP contribution in [0, 0.1) is 6.92 Å². The number of benzene rings is 1. The summed E-state index contributed by atoms with van der Waals surface area (Å²) in [5.74, 6) is 1.05. The van der Waals surface area contributed by atoms with Crippen molar-refractivity contribution >= 4 is 27.3 Å². The van der Waals surface area contributed by atoms with Gasteiger partial charge in [-0.15, -0.1) is 11.3 Å². The molecule has 4 heteroatoms. The van der Waals surface area contributed by atoms with Crippen LogP contribution in [0.25, 0.3) is 0 Å². The van der Waals surface area contributed by atoms with Crippen molar-refractivity contribution < 1.29 is 0 Å². The highest BCUT2D eigenvalue weighted by Crippen LogP contribution is 2.40. The van der Waals surface area contributed by atoms with E-state index < -0.39 is 0 Å². The third-order valence-electron chi connectivity index (χ3n) is 3.74. The summed E-state index contributed by atoms with van der Waals surface area (Å²) >= 11 is 5.50. The number of hydrogen-bond donors (Lipinski definition) is 1. The Morgan fingerprint density at radius 2 is 2.16 bits per heavy atom. The summed E-state index contributed by atoms with van der Waals surface area (Å²) in [6.07, 6.45) is 1.17. The fourth-order valence-corrected chi connectivity index (χ4v) is 4.38. The van der Waals surface area contributed by atoms with Gasteiger partial charge >= 0.3 is 0 Å². The van der Waals surface area contributed by atoms with Crippen molar-refractivity contribution in [3.05, 3.63) is 50.4 Å². The van der Waals surface area contributed by atoms with E-state index in [1.165, 1.54) is 21.5 Å². The van der Waals surface area contributed by atoms with Crippen molar-refractivity contribution in [2.24, 2.45) is 0 Å². The molecule has 1 fully saturated rings. The van der Waals surface area contributed by atoms with Crippen LogP contribution in [-0.2, 0) is 0 Å². The summed E-state index contributed by atoms with van der Waals surface area (Å²) in [7, 11) is 0. The molecule has 1 aliphatic rings. The van der Waals surface area contributed by atoms with E-state index in [-0.39, 0.29) is 0 Å². The van der Waals surface area contributed by atoms with Crippen molar-refractivity contribution in [3.8, 4) is 0 Å². The van der Waals surface area contributed by atoms with Gasteiger partial charge in [0.25, 0.3) is 0 Å². The van der Waals surface area contributed by atoms with E-state index in [9.17, 15) is 0 Å². The van der Waals surface area contributed by atoms with Crippen LogP contribution in [0.5, 0.6) is 0 Å². The molecule has 2 unspecified atom stereocenters. The molecule has 1 saturated heterocycles. The Morgan fingerprint density at radius 1 is 1.32 bits per heavy atom. The van der Waals surface area contributed by atoms with Gasteiger partial charge in [0.15, 0.2) is 0 Å². The van der Waals surface area contributed by atoms with E-state index in [1.54, 1.807) is 11.3 Å². The Labute approximate surface area is 126 Å². The average Bonchev–Trinajstić information content (AvgIpc) is 2.86. The Balaban J connectivity index is 1.96. The van der Waals surface area contributed by atoms with Gasteiger partial charge in [0, 0.05) is 33.9 Å². The number of halogens is 1. The van der Waals surface area contributed by atoms with Crippen LogP contribution in [0.15, 0.2) is 34.1 Å². The summed E-state index contributed by atoms with van der Waals surface area (Å²) in [6, 6.07) is 8.56. The minimum Gasteiger partial charge on any atom is -0.316 e. The summed E-state index contributed by atoms with van der Waals surface area (Å²) in [5, 5.41) is 6.98. The van der Waals surface area contributed by atoms with Gasteiger partial charge in [-0.05, 0) is 31.5 Å². The van der Waals surface area contributed by atoms with Crippen molar-refractivity contribution in [1.82, 2.24) is 10.3 Å². The summed E-state index contributed by atoms with van der Waals surface area (Å²) in [4.78, 5) is 4.72. The predicted molar refractivity (Wildman–Crippen MR) is 84.0 cm³/mol. The van der Waals surface area contributed by atoms with Gasteiger partial charge < -0.3 is 5.32 Å². The van der Waals surface area contributed by atoms with Gasteiger partial charge in [0.05, 0.1) is 5.01 Å². The Hall–Kier alpha value is -0.710. The molecule has 1 aromatic carbocycles. The third-order valence-corrected chi connectivity index (χ3v) is 5.56. The second-order valence-corrected chi connectivity index (χ2v) is 6.80. The standard InChI is InChI=1S/C15H17BrN2S/c1-10-9-19-15(18-10)12-6-7-17-8-13(12)11-4-2-3-5-14(11)16/h2-5,9,12-13,17H,6-8H2,1H3. The van der Waals surface area contributed by atoms with E-state index >= 15 is 0 Å². The first-order valence-electron chi connectivity index (χ1n) is 6.63. The molecule has 0 aliphatic carbocycles. The number of aryl methyl sites for hydroxylation is 1. The molecule has 3 rings (SSSR count). The minimum atomic E-state index is 0.509. The molecule has 0 saturated carbocycles. The van der Waals surface area contributed by atoms with Crippen LogP contribution in [0.1, 0.15) is 34.5 Å². The maximum absolute atomic E-state index is 4.72. The summed E-state index contributed by atoms with van der Waals surface area (Å²) in [6.45, 7) is 4.20. The minimum absolute atomic E-state index is 0.509. The van der Waals surface area contributed by atoms with Crippen molar-refractivity contribution in [2.75, 3.05) is 13.1 Å². The van der Waals surface area contributed by atoms with Gasteiger partial charge in [-0.25, -0.2) is 4.98 Å². The summed E-state index contributed by atoms with van der Waals surface area (Å²) < 4.78 is 1.21. The number of thiazole rings is 1. The van der Waals surface area contributed by atoms with Gasteiger partial charge in [0.2, 0.25) is 0 Å². The maximum Gasteiger partial charge on any atom is 0.0966 e. The lowest BCUT2D eigenvalue weighted by molar-refractivity contribution is 0.402. The smallest absolute Gasteiger partial charge is 0.0966 e. The topological polar surface area (TPSA) is 24.9 Å². The summed E-state index contributed by atoms with van der Waals surface area (Å²) in [5.41, 5.74) is 2.54. The lowest BCUT2D eigenvalue weighted by Gasteiger charge is -2.31. The number of piperidine rings is 1. The van der Waals surface area contributed by atoms with Gasteiger partial charge in [-0.3, -0.25) is 0 Å². The molecule has 2 nitrogen and oxygen atoms in total. The molecule has 0 bridgehead atoms. The number of aromatic nitrogens is 1. The number of nitrogens with one attached hydrogen (secondary N) is 1. The quantitative estimate of drug-likeness (QED) is 0.893. The monoisotopic (exact) mass is 336 g/mol. The Bertz CT molecular complexity index is 567. The molecule has 2 aromatic rings. The SMILES string of the molecule is Cc1csc(C2CCNCC2c2ccccc2Br)n1. The Kier molecular flexibility index (Phi) is 4.01. The van der Waals surface area contributed by atoms with Crippen LogP contribution in [0.2, 0.25) is 0 Å². The highest BCUT2D eigenvalue weighted by atomic mass is 79.9. The maximum atomic E-state index is 4.72. The second-order valence-electron chi connectivity index (χ2n) is 5.05. The van der Waals surface area contributed by atoms with Crippen molar-refractivity contribution in [3.63, 3.8) is 0 Å². The molecule has 2 atom stereocenters. The van der Waals surface area contributed by atoms with E-state index in [2.05, 4.69) is 57.8 Å². The molecule has 100 valence electrons. The molecule has 0 amide bonds. The number of hydrogen-bond acceptors (Lipinski definition) is 3. The zero-order valence-electron chi connectivity index (χ0n) is 10.9. The van der Waals surface area contributed by atoms with Crippen LogP contribution in [0.3, 0.4) is 0 Å². The van der Waals surface area contributed by atoms with Gasteiger partial charge in [0.1, 0.15) is 0 Å². The fraction of sp³-hybridized carbons (Fsp3) is 0.400. The highest BCUT2D eigenvalue weighted by molar-refractivity contribution is 9.10. The normalized spacial score (nSPS) is 23.5. The molecule has 1 N–H and O–H groups in total. The van der Waals surface area contributed by atoms with E-state index in [1.807, 2.05) is 0 Å². The molecular formula is C15H17BrN2S. The molecule has 2 heterocycles. The first-order chi connectivity index (χ1) is 9.25. The first-order valence-corrected chi connectivity index (χ1v) is 8.30. The fourth-order valence-electron chi connectivity index (χ4n) is 2.80. The van der Waals surface area contributed by atoms with E-state index in [0.29, 0.717) is 11.8 Å². The molecule has 19 heavy (non-hydrogen) atoms. The van der Waals surface area contributed by atoms with Crippen LogP contribution >= 0.6 is 27.3 Å². The Morgan fingerprint density at radius 3 is 2.89 bits per heavy atom. The molecule has 0 spiro atoms. The van der Waals surface area contributed by atoms with Crippen molar-refractivity contribution in [1.29, 1.82) is 0 Å². The zero-order valence-corrected chi connectivity index (χ0v) is 13.3. The van der Waals surface area contributed by atoms with E-state index in [4.69, 9.17) is 4.98 Å². The first kappa shape index (κ1) is 13.3. The predicted octanol–water partition coefficient (Wildman–Crippen LogP) is 4.07. The zero-order chi connectivity index (χ0) is 13.2. The average molecular weight is 337 g/mol. The lowest BCUT2D eigenvalue weighted by Crippen LogP contribution is -2.34.